The molecule has 2 aromatic carbocycles. The number of carbonyl (C=O) groups excluding carboxylic acids is 2. The Labute approximate surface area is 174 Å². The first-order valence-corrected chi connectivity index (χ1v) is 10.1. The van der Waals surface area contributed by atoms with E-state index in [1.807, 2.05) is 4.90 Å². The van der Waals surface area contributed by atoms with Crippen LogP contribution in [0.2, 0.25) is 0 Å². The number of rotatable bonds is 4. The number of benzene rings is 2. The largest absolute Gasteiger partial charge is 0.324 e. The van der Waals surface area contributed by atoms with E-state index >= 15 is 0 Å². The highest BCUT2D eigenvalue weighted by Gasteiger charge is 2.36. The van der Waals surface area contributed by atoms with Crippen molar-refractivity contribution in [1.82, 2.24) is 14.7 Å². The third kappa shape index (κ3) is 4.37. The molecule has 2 aliphatic rings. The van der Waals surface area contributed by atoms with Gasteiger partial charge in [0.05, 0.1) is 5.69 Å². The second-order valence-corrected chi connectivity index (χ2v) is 7.65. The number of carbonyl (C=O) groups is 2. The Hall–Kier alpha value is -3.16. The monoisotopic (exact) mass is 414 g/mol. The Morgan fingerprint density at radius 3 is 2.37 bits per heavy atom. The van der Waals surface area contributed by atoms with Gasteiger partial charge in [-0.15, -0.1) is 0 Å². The van der Waals surface area contributed by atoms with Crippen molar-refractivity contribution >= 4 is 17.7 Å². The predicted octanol–water partition coefficient (Wildman–Crippen LogP) is 3.90. The zero-order chi connectivity index (χ0) is 21.1. The highest BCUT2D eigenvalue weighted by atomic mass is 19.1. The molecule has 0 aliphatic carbocycles. The van der Waals surface area contributed by atoms with Crippen LogP contribution >= 0.6 is 0 Å². The molecule has 0 radical (unpaired) electrons. The molecule has 2 aliphatic heterocycles. The van der Waals surface area contributed by atoms with Crippen LogP contribution in [-0.4, -0.2) is 59.0 Å². The van der Waals surface area contributed by atoms with Crippen molar-refractivity contribution in [2.75, 3.05) is 31.5 Å². The Morgan fingerprint density at radius 1 is 0.967 bits per heavy atom. The summed E-state index contributed by atoms with van der Waals surface area (Å²) in [5.74, 6) is -0.761. The minimum atomic E-state index is -0.468. The molecule has 0 unspecified atom stereocenters. The number of likely N-dealkylation sites (tertiary alicyclic amines) is 1. The molecular formula is C22H24F2N4O2. The SMILES string of the molecule is O=C(Nc1ccccc1F)N1CCC(N2CCN(Cc3ccc(F)cc3)C2=O)CC1. The average Bonchev–Trinajstić information content (AvgIpc) is 3.11. The number of urea groups is 2. The van der Waals surface area contributed by atoms with Gasteiger partial charge in [0.15, 0.2) is 0 Å². The Morgan fingerprint density at radius 2 is 1.67 bits per heavy atom. The van der Waals surface area contributed by atoms with Crippen LogP contribution in [0.3, 0.4) is 0 Å². The standard InChI is InChI=1S/C22H24F2N4O2/c23-17-7-5-16(6-8-17)15-27-13-14-28(22(27)30)18-9-11-26(12-10-18)21(29)25-20-4-2-1-3-19(20)24/h1-8,18H,9-15H2,(H,25,29). The molecule has 6 nitrogen and oxygen atoms in total. The van der Waals surface area contributed by atoms with E-state index in [1.54, 1.807) is 34.1 Å². The van der Waals surface area contributed by atoms with Crippen LogP contribution in [0.15, 0.2) is 48.5 Å². The first-order valence-electron chi connectivity index (χ1n) is 10.1. The number of nitrogens with zero attached hydrogens (tertiary/aromatic N) is 3. The maximum Gasteiger partial charge on any atom is 0.321 e. The van der Waals surface area contributed by atoms with E-state index in [2.05, 4.69) is 5.32 Å². The number of para-hydroxylation sites is 1. The van der Waals surface area contributed by atoms with Crippen molar-refractivity contribution in [2.24, 2.45) is 0 Å². The summed E-state index contributed by atoms with van der Waals surface area (Å²) in [7, 11) is 0. The van der Waals surface area contributed by atoms with Gasteiger partial charge in [-0.2, -0.15) is 0 Å². The summed E-state index contributed by atoms with van der Waals surface area (Å²) in [4.78, 5) is 30.5. The van der Waals surface area contributed by atoms with Crippen LogP contribution in [0.25, 0.3) is 0 Å². The van der Waals surface area contributed by atoms with Gasteiger partial charge in [0.2, 0.25) is 0 Å². The first-order chi connectivity index (χ1) is 14.5. The number of piperidine rings is 1. The molecule has 2 fully saturated rings. The van der Waals surface area contributed by atoms with E-state index in [-0.39, 0.29) is 29.6 Å². The number of hydrogen-bond donors (Lipinski definition) is 1. The molecular weight excluding hydrogens is 390 g/mol. The molecule has 2 heterocycles. The third-order valence-corrected chi connectivity index (χ3v) is 5.72. The van der Waals surface area contributed by atoms with Gasteiger partial charge >= 0.3 is 12.1 Å². The van der Waals surface area contributed by atoms with E-state index < -0.39 is 5.82 Å². The molecule has 4 rings (SSSR count). The van der Waals surface area contributed by atoms with Gasteiger partial charge in [-0.05, 0) is 42.7 Å². The van der Waals surface area contributed by atoms with Crippen molar-refractivity contribution in [1.29, 1.82) is 0 Å². The Kier molecular flexibility index (Phi) is 5.83. The van der Waals surface area contributed by atoms with Crippen molar-refractivity contribution < 1.29 is 18.4 Å². The molecule has 0 saturated carbocycles. The van der Waals surface area contributed by atoms with Gasteiger partial charge in [0.1, 0.15) is 11.6 Å². The molecule has 4 amide bonds. The van der Waals surface area contributed by atoms with Gasteiger partial charge in [-0.25, -0.2) is 18.4 Å². The van der Waals surface area contributed by atoms with E-state index in [4.69, 9.17) is 0 Å². The Bertz CT molecular complexity index is 914. The molecule has 0 bridgehead atoms. The van der Waals surface area contributed by atoms with Gasteiger partial charge < -0.3 is 20.0 Å². The van der Waals surface area contributed by atoms with Crippen molar-refractivity contribution in [2.45, 2.75) is 25.4 Å². The zero-order valence-electron chi connectivity index (χ0n) is 16.6. The van der Waals surface area contributed by atoms with E-state index in [0.717, 1.165) is 5.56 Å². The van der Waals surface area contributed by atoms with Crippen LogP contribution < -0.4 is 5.32 Å². The van der Waals surface area contributed by atoms with Gasteiger partial charge in [0, 0.05) is 38.8 Å². The minimum absolute atomic E-state index is 0.0198. The predicted molar refractivity (Wildman–Crippen MR) is 109 cm³/mol. The maximum absolute atomic E-state index is 13.7. The van der Waals surface area contributed by atoms with E-state index in [1.165, 1.54) is 24.3 Å². The van der Waals surface area contributed by atoms with Crippen LogP contribution in [0, 0.1) is 11.6 Å². The van der Waals surface area contributed by atoms with Gasteiger partial charge in [-0.3, -0.25) is 0 Å². The quantitative estimate of drug-likeness (QED) is 0.825. The number of amides is 4. The summed E-state index contributed by atoms with van der Waals surface area (Å²) in [5, 5.41) is 2.61. The molecule has 30 heavy (non-hydrogen) atoms. The van der Waals surface area contributed by atoms with Crippen LogP contribution in [0.1, 0.15) is 18.4 Å². The summed E-state index contributed by atoms with van der Waals surface area (Å²) >= 11 is 0. The van der Waals surface area contributed by atoms with Crippen molar-refractivity contribution in [3.8, 4) is 0 Å². The molecule has 0 spiro atoms. The minimum Gasteiger partial charge on any atom is -0.324 e. The lowest BCUT2D eigenvalue weighted by atomic mass is 10.0. The normalized spacial score (nSPS) is 17.5. The highest BCUT2D eigenvalue weighted by molar-refractivity contribution is 5.89. The summed E-state index contributed by atoms with van der Waals surface area (Å²) in [6.07, 6.45) is 1.36. The van der Waals surface area contributed by atoms with Gasteiger partial charge in [-0.1, -0.05) is 24.3 Å². The van der Waals surface area contributed by atoms with E-state index in [0.29, 0.717) is 45.6 Å². The topological polar surface area (TPSA) is 55.9 Å². The molecule has 2 aromatic rings. The molecule has 1 N–H and O–H groups in total. The third-order valence-electron chi connectivity index (χ3n) is 5.72. The second-order valence-electron chi connectivity index (χ2n) is 7.65. The lowest BCUT2D eigenvalue weighted by molar-refractivity contribution is 0.139. The summed E-state index contributed by atoms with van der Waals surface area (Å²) < 4.78 is 26.8. The first kappa shape index (κ1) is 20.1. The molecule has 8 heteroatoms. The van der Waals surface area contributed by atoms with Crippen molar-refractivity contribution in [3.05, 3.63) is 65.7 Å². The number of anilines is 1. The summed E-state index contributed by atoms with van der Waals surface area (Å²) in [5.41, 5.74) is 1.06. The second kappa shape index (κ2) is 8.69. The zero-order valence-corrected chi connectivity index (χ0v) is 16.6. The summed E-state index contributed by atoms with van der Waals surface area (Å²) in [6, 6.07) is 12.0. The maximum atomic E-state index is 13.7. The molecule has 0 atom stereocenters. The molecule has 158 valence electrons. The number of halogens is 2. The number of nitrogens with one attached hydrogen (secondary N) is 1. The lowest BCUT2D eigenvalue weighted by Crippen LogP contribution is -2.49. The fraction of sp³-hybridized carbons (Fsp3) is 0.364. The fourth-order valence-corrected chi connectivity index (χ4v) is 4.03. The fourth-order valence-electron chi connectivity index (χ4n) is 4.03. The van der Waals surface area contributed by atoms with Crippen molar-refractivity contribution in [3.63, 3.8) is 0 Å². The summed E-state index contributed by atoms with van der Waals surface area (Å²) in [6.45, 7) is 2.75. The number of hydrogen-bond acceptors (Lipinski definition) is 2. The highest BCUT2D eigenvalue weighted by Crippen LogP contribution is 2.23. The van der Waals surface area contributed by atoms with Gasteiger partial charge in [0.25, 0.3) is 0 Å². The van der Waals surface area contributed by atoms with Crippen LogP contribution in [-0.2, 0) is 6.54 Å². The average molecular weight is 414 g/mol. The Balaban J connectivity index is 1.29. The van der Waals surface area contributed by atoms with Crippen LogP contribution in [0.5, 0.6) is 0 Å². The molecule has 2 saturated heterocycles. The lowest BCUT2D eigenvalue weighted by Gasteiger charge is -2.36. The molecule has 0 aromatic heterocycles. The van der Waals surface area contributed by atoms with E-state index in [9.17, 15) is 18.4 Å². The smallest absolute Gasteiger partial charge is 0.321 e. The van der Waals surface area contributed by atoms with Crippen LogP contribution in [0.4, 0.5) is 24.1 Å².